The Morgan fingerprint density at radius 2 is 1.88 bits per heavy atom. The summed E-state index contributed by atoms with van der Waals surface area (Å²) in [4.78, 5) is 0. The summed E-state index contributed by atoms with van der Waals surface area (Å²) in [6.07, 6.45) is 0.959. The third-order valence-electron chi connectivity index (χ3n) is 2.66. The molecule has 0 aliphatic carbocycles. The summed E-state index contributed by atoms with van der Waals surface area (Å²) in [6, 6.07) is 14.0. The van der Waals surface area contributed by atoms with Gasteiger partial charge >= 0.3 is 0 Å². The van der Waals surface area contributed by atoms with E-state index >= 15 is 0 Å². The van der Waals surface area contributed by atoms with Crippen LogP contribution >= 0.6 is 0 Å². The van der Waals surface area contributed by atoms with E-state index in [0.29, 0.717) is 12.8 Å². The van der Waals surface area contributed by atoms with E-state index in [1.54, 1.807) is 0 Å². The highest BCUT2D eigenvalue weighted by Crippen LogP contribution is 2.21. The normalized spacial score (nSPS) is 12.6. The van der Waals surface area contributed by atoms with Crippen LogP contribution in [-0.4, -0.2) is 17.9 Å². The van der Waals surface area contributed by atoms with Gasteiger partial charge in [0.2, 0.25) is 0 Å². The average molecular weight is 231 g/mol. The van der Waals surface area contributed by atoms with Gasteiger partial charge in [-0.15, -0.1) is 0 Å². The molecule has 90 valence electrons. The number of hydrogen-bond acceptors (Lipinski definition) is 3. The zero-order valence-corrected chi connectivity index (χ0v) is 9.67. The van der Waals surface area contributed by atoms with E-state index in [1.807, 2.05) is 36.4 Å². The predicted molar refractivity (Wildman–Crippen MR) is 68.9 cm³/mol. The van der Waals surface area contributed by atoms with Crippen molar-refractivity contribution in [2.75, 3.05) is 6.61 Å². The molecule has 0 amide bonds. The van der Waals surface area contributed by atoms with E-state index in [4.69, 9.17) is 15.6 Å². The van der Waals surface area contributed by atoms with Crippen molar-refractivity contribution < 1.29 is 9.84 Å². The van der Waals surface area contributed by atoms with Crippen LogP contribution in [0.25, 0.3) is 10.8 Å². The van der Waals surface area contributed by atoms with E-state index < -0.39 is 0 Å². The third-order valence-corrected chi connectivity index (χ3v) is 2.66. The summed E-state index contributed by atoms with van der Waals surface area (Å²) in [5.74, 6) is 0.772. The highest BCUT2D eigenvalue weighted by molar-refractivity contribution is 5.83. The molecule has 0 fully saturated rings. The molecule has 0 saturated heterocycles. The van der Waals surface area contributed by atoms with Crippen LogP contribution in [0.5, 0.6) is 5.75 Å². The Labute approximate surface area is 101 Å². The van der Waals surface area contributed by atoms with Gasteiger partial charge in [0.05, 0.1) is 0 Å². The number of nitrogens with two attached hydrogens (primary N) is 1. The SMILES string of the molecule is NC(CCCO)Oc1ccc2ccccc2c1. The Morgan fingerprint density at radius 3 is 2.65 bits per heavy atom. The lowest BCUT2D eigenvalue weighted by atomic mass is 10.1. The molecule has 1 unspecified atom stereocenters. The van der Waals surface area contributed by atoms with Crippen LogP contribution in [0.2, 0.25) is 0 Å². The van der Waals surface area contributed by atoms with Gasteiger partial charge in [0.15, 0.2) is 0 Å². The Morgan fingerprint density at radius 1 is 1.12 bits per heavy atom. The maximum Gasteiger partial charge on any atom is 0.147 e. The molecular formula is C14H17NO2. The second-order valence-electron chi connectivity index (χ2n) is 4.03. The smallest absolute Gasteiger partial charge is 0.147 e. The van der Waals surface area contributed by atoms with Crippen LogP contribution in [0.4, 0.5) is 0 Å². The lowest BCUT2D eigenvalue weighted by Crippen LogP contribution is -2.27. The molecule has 3 nitrogen and oxygen atoms in total. The number of rotatable bonds is 5. The fraction of sp³-hybridized carbons (Fsp3) is 0.286. The van der Waals surface area contributed by atoms with E-state index in [9.17, 15) is 0 Å². The first-order valence-corrected chi connectivity index (χ1v) is 5.81. The molecular weight excluding hydrogens is 214 g/mol. The minimum absolute atomic E-state index is 0.148. The second-order valence-corrected chi connectivity index (χ2v) is 4.03. The summed E-state index contributed by atoms with van der Waals surface area (Å²) >= 11 is 0. The fourth-order valence-corrected chi connectivity index (χ4v) is 1.77. The Kier molecular flexibility index (Phi) is 3.96. The number of benzene rings is 2. The van der Waals surface area contributed by atoms with Crippen LogP contribution in [0, 0.1) is 0 Å². The van der Waals surface area contributed by atoms with E-state index in [2.05, 4.69) is 6.07 Å². The Hall–Kier alpha value is -1.58. The molecule has 2 rings (SSSR count). The molecule has 0 aliphatic rings. The molecule has 0 bridgehead atoms. The molecule has 0 aliphatic heterocycles. The van der Waals surface area contributed by atoms with Crippen molar-refractivity contribution in [3.63, 3.8) is 0 Å². The van der Waals surface area contributed by atoms with E-state index in [0.717, 1.165) is 11.1 Å². The second kappa shape index (κ2) is 5.66. The zero-order chi connectivity index (χ0) is 12.1. The van der Waals surface area contributed by atoms with Gasteiger partial charge in [-0.2, -0.15) is 0 Å². The molecule has 0 spiro atoms. The molecule has 2 aromatic carbocycles. The molecule has 1 atom stereocenters. The number of ether oxygens (including phenoxy) is 1. The van der Waals surface area contributed by atoms with Crippen LogP contribution in [-0.2, 0) is 0 Å². The summed E-state index contributed by atoms with van der Waals surface area (Å²) in [5, 5.41) is 11.0. The number of aliphatic hydroxyl groups is 1. The van der Waals surface area contributed by atoms with Crippen LogP contribution in [0.15, 0.2) is 42.5 Å². The molecule has 0 heterocycles. The van der Waals surface area contributed by atoms with Crippen molar-refractivity contribution >= 4 is 10.8 Å². The van der Waals surface area contributed by atoms with Crippen molar-refractivity contribution in [2.45, 2.75) is 19.1 Å². The van der Waals surface area contributed by atoms with Gasteiger partial charge in [0.25, 0.3) is 0 Å². The van der Waals surface area contributed by atoms with Crippen LogP contribution in [0.3, 0.4) is 0 Å². The standard InChI is InChI=1S/C14H17NO2/c15-14(6-3-9-16)17-13-8-7-11-4-1-2-5-12(11)10-13/h1-2,4-5,7-8,10,14,16H,3,6,9,15H2. The molecule has 2 aromatic rings. The van der Waals surface area contributed by atoms with Crippen molar-refractivity contribution in [1.82, 2.24) is 0 Å². The highest BCUT2D eigenvalue weighted by atomic mass is 16.5. The summed E-state index contributed by atoms with van der Waals surface area (Å²) in [7, 11) is 0. The third kappa shape index (κ3) is 3.19. The zero-order valence-electron chi connectivity index (χ0n) is 9.67. The van der Waals surface area contributed by atoms with Crippen molar-refractivity contribution in [3.05, 3.63) is 42.5 Å². The fourth-order valence-electron chi connectivity index (χ4n) is 1.77. The number of fused-ring (bicyclic) bond motifs is 1. The lowest BCUT2D eigenvalue weighted by Gasteiger charge is -2.14. The Balaban J connectivity index is 2.08. The predicted octanol–water partition coefficient (Wildman–Crippen LogP) is 2.28. The summed E-state index contributed by atoms with van der Waals surface area (Å²) < 4.78 is 5.59. The highest BCUT2D eigenvalue weighted by Gasteiger charge is 2.04. The van der Waals surface area contributed by atoms with Gasteiger partial charge in [-0.3, -0.25) is 5.73 Å². The molecule has 3 N–H and O–H groups in total. The molecule has 0 saturated carbocycles. The minimum Gasteiger partial charge on any atom is -0.476 e. The van der Waals surface area contributed by atoms with Crippen molar-refractivity contribution in [1.29, 1.82) is 0 Å². The van der Waals surface area contributed by atoms with E-state index in [1.165, 1.54) is 5.39 Å². The van der Waals surface area contributed by atoms with Crippen molar-refractivity contribution in [3.8, 4) is 5.75 Å². The van der Waals surface area contributed by atoms with Gasteiger partial charge in [-0.05, 0) is 35.7 Å². The molecule has 3 heteroatoms. The first kappa shape index (κ1) is 11.9. The topological polar surface area (TPSA) is 55.5 Å². The maximum absolute atomic E-state index is 8.71. The average Bonchev–Trinajstić information content (AvgIpc) is 2.36. The Bertz CT molecular complexity index is 484. The minimum atomic E-state index is -0.358. The summed E-state index contributed by atoms with van der Waals surface area (Å²) in [6.45, 7) is 0.148. The molecule has 0 radical (unpaired) electrons. The number of aliphatic hydroxyl groups excluding tert-OH is 1. The monoisotopic (exact) mass is 231 g/mol. The van der Waals surface area contributed by atoms with Gasteiger partial charge in [-0.25, -0.2) is 0 Å². The van der Waals surface area contributed by atoms with Crippen molar-refractivity contribution in [2.24, 2.45) is 5.73 Å². The van der Waals surface area contributed by atoms with Gasteiger partial charge in [0, 0.05) is 6.61 Å². The van der Waals surface area contributed by atoms with Crippen LogP contribution < -0.4 is 10.5 Å². The van der Waals surface area contributed by atoms with Gasteiger partial charge in [-0.1, -0.05) is 30.3 Å². The van der Waals surface area contributed by atoms with Crippen LogP contribution in [0.1, 0.15) is 12.8 Å². The first-order valence-electron chi connectivity index (χ1n) is 5.81. The molecule has 0 aromatic heterocycles. The summed E-state index contributed by atoms with van der Waals surface area (Å²) in [5.41, 5.74) is 5.80. The quantitative estimate of drug-likeness (QED) is 0.776. The molecule has 17 heavy (non-hydrogen) atoms. The maximum atomic E-state index is 8.71. The van der Waals surface area contributed by atoms with Gasteiger partial charge in [0.1, 0.15) is 12.0 Å². The number of hydrogen-bond donors (Lipinski definition) is 2. The largest absolute Gasteiger partial charge is 0.476 e. The first-order chi connectivity index (χ1) is 8.29. The lowest BCUT2D eigenvalue weighted by molar-refractivity contribution is 0.179. The van der Waals surface area contributed by atoms with E-state index in [-0.39, 0.29) is 12.8 Å². The van der Waals surface area contributed by atoms with Gasteiger partial charge < -0.3 is 9.84 Å².